The average molecular weight is 338 g/mol. The van der Waals surface area contributed by atoms with Crippen molar-refractivity contribution in [2.24, 2.45) is 0 Å². The number of carbonyl (C=O) groups is 2. The highest BCUT2D eigenvalue weighted by Crippen LogP contribution is 2.36. The van der Waals surface area contributed by atoms with Gasteiger partial charge in [-0.05, 0) is 24.6 Å². The highest BCUT2D eigenvalue weighted by Gasteiger charge is 2.45. The van der Waals surface area contributed by atoms with Crippen LogP contribution in [0.3, 0.4) is 0 Å². The van der Waals surface area contributed by atoms with Crippen LogP contribution in [-0.4, -0.2) is 16.7 Å². The minimum absolute atomic E-state index is 0.439. The molecule has 0 bridgehead atoms. The monoisotopic (exact) mass is 338 g/mol. The standard InChI is InChI=1S/C16H10F4N2O2/c1-6(7-2-4-8(21)5-3-7)22-15(23)9-10(16(22)24)12(18)14(20)13(19)11(9)17/h2-6H,21H2,1H3/t6-/m0/s1. The molecule has 0 radical (unpaired) electrons. The topological polar surface area (TPSA) is 63.4 Å². The molecule has 124 valence electrons. The molecule has 4 nitrogen and oxygen atoms in total. The minimum Gasteiger partial charge on any atom is -0.399 e. The number of imide groups is 1. The lowest BCUT2D eigenvalue weighted by atomic mass is 10.1. The van der Waals surface area contributed by atoms with Crippen LogP contribution in [0, 0.1) is 23.3 Å². The molecule has 0 fully saturated rings. The van der Waals surface area contributed by atoms with Crippen molar-refractivity contribution >= 4 is 17.5 Å². The maximum Gasteiger partial charge on any atom is 0.265 e. The number of anilines is 1. The second kappa shape index (κ2) is 5.33. The predicted octanol–water partition coefficient (Wildman–Crippen LogP) is 3.18. The SMILES string of the molecule is C[C@@H](c1ccc(N)cc1)N1C(=O)c2c(F)c(F)c(F)c(F)c2C1=O. The molecule has 2 aromatic carbocycles. The molecule has 0 saturated heterocycles. The molecular formula is C16H10F4N2O2. The Morgan fingerprint density at radius 2 is 1.25 bits per heavy atom. The lowest BCUT2D eigenvalue weighted by molar-refractivity contribution is 0.0592. The zero-order valence-electron chi connectivity index (χ0n) is 12.2. The van der Waals surface area contributed by atoms with E-state index in [1.165, 1.54) is 31.2 Å². The van der Waals surface area contributed by atoms with Crippen molar-refractivity contribution in [2.75, 3.05) is 5.73 Å². The molecule has 0 saturated carbocycles. The van der Waals surface area contributed by atoms with Gasteiger partial charge in [-0.25, -0.2) is 17.6 Å². The molecule has 8 heteroatoms. The fourth-order valence-corrected chi connectivity index (χ4v) is 2.64. The summed E-state index contributed by atoms with van der Waals surface area (Å²) in [5.74, 6) is -10.5. The van der Waals surface area contributed by atoms with Gasteiger partial charge >= 0.3 is 0 Å². The Morgan fingerprint density at radius 3 is 1.67 bits per heavy atom. The van der Waals surface area contributed by atoms with Gasteiger partial charge in [0.15, 0.2) is 23.3 Å². The Balaban J connectivity index is 2.12. The molecule has 1 atom stereocenters. The summed E-state index contributed by atoms with van der Waals surface area (Å²) >= 11 is 0. The number of fused-ring (bicyclic) bond motifs is 1. The van der Waals surface area contributed by atoms with E-state index < -0.39 is 52.3 Å². The van der Waals surface area contributed by atoms with Gasteiger partial charge in [0.05, 0.1) is 17.2 Å². The second-order valence-electron chi connectivity index (χ2n) is 5.33. The van der Waals surface area contributed by atoms with E-state index in [1.54, 1.807) is 0 Å². The fraction of sp³-hybridized carbons (Fsp3) is 0.125. The third kappa shape index (κ3) is 2.06. The second-order valence-corrected chi connectivity index (χ2v) is 5.33. The lowest BCUT2D eigenvalue weighted by Crippen LogP contribution is -2.32. The molecule has 1 aliphatic rings. The number of hydrogen-bond acceptors (Lipinski definition) is 3. The molecule has 2 aromatic rings. The minimum atomic E-state index is -2.13. The van der Waals surface area contributed by atoms with Crippen LogP contribution in [0.1, 0.15) is 39.2 Å². The van der Waals surface area contributed by atoms with E-state index in [2.05, 4.69) is 0 Å². The normalized spacial score (nSPS) is 15.0. The third-order valence-electron chi connectivity index (χ3n) is 3.94. The number of hydrogen-bond donors (Lipinski definition) is 1. The summed E-state index contributed by atoms with van der Waals surface area (Å²) < 4.78 is 54.4. The van der Waals surface area contributed by atoms with Gasteiger partial charge in [0.25, 0.3) is 11.8 Å². The van der Waals surface area contributed by atoms with Crippen LogP contribution in [0.25, 0.3) is 0 Å². The molecule has 0 unspecified atom stereocenters. The Hall–Kier alpha value is -2.90. The number of benzene rings is 2. The average Bonchev–Trinajstić information content (AvgIpc) is 2.82. The van der Waals surface area contributed by atoms with Crippen molar-refractivity contribution in [3.05, 3.63) is 64.2 Å². The first kappa shape index (κ1) is 16.0. The van der Waals surface area contributed by atoms with Crippen LogP contribution in [0.5, 0.6) is 0 Å². The number of halogens is 4. The first-order chi connectivity index (χ1) is 11.3. The summed E-state index contributed by atoms with van der Waals surface area (Å²) in [7, 11) is 0. The van der Waals surface area contributed by atoms with Crippen LogP contribution in [0.15, 0.2) is 24.3 Å². The van der Waals surface area contributed by atoms with E-state index in [9.17, 15) is 27.2 Å². The summed E-state index contributed by atoms with van der Waals surface area (Å²) in [6.07, 6.45) is 0. The van der Waals surface area contributed by atoms with Crippen molar-refractivity contribution in [3.63, 3.8) is 0 Å². The first-order valence-corrected chi connectivity index (χ1v) is 6.85. The number of nitrogens with zero attached hydrogens (tertiary/aromatic N) is 1. The van der Waals surface area contributed by atoms with E-state index >= 15 is 0 Å². The quantitative estimate of drug-likeness (QED) is 0.301. The van der Waals surface area contributed by atoms with Gasteiger partial charge in [0, 0.05) is 5.69 Å². The first-order valence-electron chi connectivity index (χ1n) is 6.85. The van der Waals surface area contributed by atoms with Crippen LogP contribution in [0.2, 0.25) is 0 Å². The lowest BCUT2D eigenvalue weighted by Gasteiger charge is -2.22. The largest absolute Gasteiger partial charge is 0.399 e. The van der Waals surface area contributed by atoms with Gasteiger partial charge < -0.3 is 5.73 Å². The fourth-order valence-electron chi connectivity index (χ4n) is 2.64. The maximum atomic E-state index is 13.9. The summed E-state index contributed by atoms with van der Waals surface area (Å²) in [5.41, 5.74) is 4.25. The van der Waals surface area contributed by atoms with E-state index in [-0.39, 0.29) is 0 Å². The van der Waals surface area contributed by atoms with E-state index in [4.69, 9.17) is 5.73 Å². The molecule has 2 N–H and O–H groups in total. The Kier molecular flexibility index (Phi) is 3.55. The van der Waals surface area contributed by atoms with Crippen molar-refractivity contribution < 1.29 is 27.2 Å². The molecule has 1 heterocycles. The number of carbonyl (C=O) groups excluding carboxylic acids is 2. The van der Waals surface area contributed by atoms with E-state index in [0.717, 1.165) is 0 Å². The van der Waals surface area contributed by atoms with Crippen molar-refractivity contribution in [2.45, 2.75) is 13.0 Å². The smallest absolute Gasteiger partial charge is 0.265 e. The van der Waals surface area contributed by atoms with E-state index in [0.29, 0.717) is 16.2 Å². The summed E-state index contributed by atoms with van der Waals surface area (Å²) in [4.78, 5) is 25.2. The number of nitrogen functional groups attached to an aromatic ring is 1. The zero-order valence-corrected chi connectivity index (χ0v) is 12.2. The Morgan fingerprint density at radius 1 is 0.833 bits per heavy atom. The van der Waals surface area contributed by atoms with Crippen molar-refractivity contribution in [3.8, 4) is 0 Å². The summed E-state index contributed by atoms with van der Waals surface area (Å²) in [6, 6.07) is 5.17. The van der Waals surface area contributed by atoms with Crippen LogP contribution in [-0.2, 0) is 0 Å². The molecular weight excluding hydrogens is 328 g/mol. The van der Waals surface area contributed by atoms with Gasteiger partial charge in [0.1, 0.15) is 0 Å². The number of nitrogens with two attached hydrogens (primary N) is 1. The number of amides is 2. The van der Waals surface area contributed by atoms with Crippen LogP contribution in [0.4, 0.5) is 23.2 Å². The molecule has 1 aliphatic heterocycles. The molecule has 2 amide bonds. The molecule has 0 aliphatic carbocycles. The summed E-state index contributed by atoms with van der Waals surface area (Å²) in [5, 5.41) is 0. The van der Waals surface area contributed by atoms with Crippen LogP contribution >= 0.6 is 0 Å². The van der Waals surface area contributed by atoms with Crippen LogP contribution < -0.4 is 5.73 Å². The highest BCUT2D eigenvalue weighted by atomic mass is 19.2. The molecule has 0 spiro atoms. The highest BCUT2D eigenvalue weighted by molar-refractivity contribution is 6.21. The molecule has 3 rings (SSSR count). The summed E-state index contributed by atoms with van der Waals surface area (Å²) in [6.45, 7) is 1.44. The number of rotatable bonds is 2. The van der Waals surface area contributed by atoms with Gasteiger partial charge in [-0.15, -0.1) is 0 Å². The molecule has 0 aromatic heterocycles. The van der Waals surface area contributed by atoms with Gasteiger partial charge in [-0.1, -0.05) is 12.1 Å². The molecule has 24 heavy (non-hydrogen) atoms. The Bertz CT molecular complexity index is 834. The van der Waals surface area contributed by atoms with Gasteiger partial charge in [-0.3, -0.25) is 14.5 Å². The zero-order chi connectivity index (χ0) is 17.8. The predicted molar refractivity (Wildman–Crippen MR) is 76.0 cm³/mol. The van der Waals surface area contributed by atoms with Gasteiger partial charge in [0.2, 0.25) is 0 Å². The van der Waals surface area contributed by atoms with Crippen molar-refractivity contribution in [1.82, 2.24) is 4.90 Å². The van der Waals surface area contributed by atoms with Gasteiger partial charge in [-0.2, -0.15) is 0 Å². The maximum absolute atomic E-state index is 13.9. The van der Waals surface area contributed by atoms with E-state index in [1.807, 2.05) is 0 Å². The Labute approximate surface area is 133 Å². The third-order valence-corrected chi connectivity index (χ3v) is 3.94. The van der Waals surface area contributed by atoms with Crippen molar-refractivity contribution in [1.29, 1.82) is 0 Å².